The number of nitrogens with two attached hydrogens (primary N) is 2. The van der Waals surface area contributed by atoms with Crippen LogP contribution in [-0.2, 0) is 9.84 Å². The van der Waals surface area contributed by atoms with Gasteiger partial charge in [0.1, 0.15) is 5.56 Å². The molecule has 0 unspecified atom stereocenters. The van der Waals surface area contributed by atoms with Crippen LogP contribution in [0.1, 0.15) is 49.9 Å². The Balaban J connectivity index is 2.00. The Hall–Kier alpha value is -2.92. The SMILES string of the molecule is CC(C)S(=O)(=O)c1ccccc1Nc1nc(NC2CCC(N)CC2)[nH]c(=O)c1C(N)=O. The summed E-state index contributed by atoms with van der Waals surface area (Å²) in [5.41, 5.74) is 10.4. The van der Waals surface area contributed by atoms with Gasteiger partial charge in [0.25, 0.3) is 11.5 Å². The molecule has 1 saturated carbocycles. The van der Waals surface area contributed by atoms with Gasteiger partial charge in [-0.3, -0.25) is 14.6 Å². The normalized spacial score (nSPS) is 19.2. The fourth-order valence-corrected chi connectivity index (χ4v) is 4.72. The molecular weight excluding hydrogens is 420 g/mol. The number of primary amides is 1. The van der Waals surface area contributed by atoms with Gasteiger partial charge in [0.2, 0.25) is 5.95 Å². The number of amides is 1. The lowest BCUT2D eigenvalue weighted by molar-refractivity contribution is 0.0999. The first-order valence-electron chi connectivity index (χ1n) is 10.2. The van der Waals surface area contributed by atoms with E-state index in [0.717, 1.165) is 25.7 Å². The van der Waals surface area contributed by atoms with Crippen LogP contribution in [0.2, 0.25) is 0 Å². The maximum absolute atomic E-state index is 12.7. The van der Waals surface area contributed by atoms with Crippen LogP contribution in [0, 0.1) is 0 Å². The van der Waals surface area contributed by atoms with Crippen LogP contribution < -0.4 is 27.7 Å². The fourth-order valence-electron chi connectivity index (χ4n) is 3.52. The van der Waals surface area contributed by atoms with Crippen LogP contribution in [0.4, 0.5) is 17.5 Å². The maximum atomic E-state index is 12.7. The van der Waals surface area contributed by atoms with Gasteiger partial charge in [0.15, 0.2) is 15.7 Å². The molecule has 0 atom stereocenters. The van der Waals surface area contributed by atoms with Crippen molar-refractivity contribution < 1.29 is 13.2 Å². The quantitative estimate of drug-likeness (QED) is 0.423. The lowest BCUT2D eigenvalue weighted by Crippen LogP contribution is -2.34. The van der Waals surface area contributed by atoms with E-state index in [2.05, 4.69) is 20.6 Å². The number of carbonyl (C=O) groups is 1. The molecule has 0 radical (unpaired) electrons. The second-order valence-electron chi connectivity index (χ2n) is 7.97. The molecule has 10 nitrogen and oxygen atoms in total. The largest absolute Gasteiger partial charge is 0.365 e. The van der Waals surface area contributed by atoms with Crippen molar-refractivity contribution >= 4 is 33.2 Å². The lowest BCUT2D eigenvalue weighted by Gasteiger charge is -2.27. The van der Waals surface area contributed by atoms with Crippen LogP contribution in [0.3, 0.4) is 0 Å². The minimum absolute atomic E-state index is 0.0401. The number of rotatable bonds is 7. The molecule has 7 N–H and O–H groups in total. The number of sulfone groups is 1. The third-order valence-electron chi connectivity index (χ3n) is 5.35. The number of anilines is 3. The number of nitrogens with zero attached hydrogens (tertiary/aromatic N) is 1. The molecule has 168 valence electrons. The van der Waals surface area contributed by atoms with E-state index in [9.17, 15) is 18.0 Å². The third-order valence-corrected chi connectivity index (χ3v) is 7.56. The molecule has 0 spiro atoms. The molecule has 0 aliphatic heterocycles. The van der Waals surface area contributed by atoms with Crippen LogP contribution >= 0.6 is 0 Å². The topological polar surface area (TPSA) is 173 Å². The second-order valence-corrected chi connectivity index (χ2v) is 10.4. The molecule has 1 aliphatic carbocycles. The maximum Gasteiger partial charge on any atom is 0.267 e. The number of hydrogen-bond acceptors (Lipinski definition) is 8. The average Bonchev–Trinajstić information content (AvgIpc) is 2.69. The number of hydrogen-bond donors (Lipinski definition) is 5. The second kappa shape index (κ2) is 9.06. The molecule has 1 amide bonds. The van der Waals surface area contributed by atoms with Crippen molar-refractivity contribution in [2.45, 2.75) is 61.8 Å². The number of H-pyrrole nitrogens is 1. The summed E-state index contributed by atoms with van der Waals surface area (Å²) >= 11 is 0. The average molecular weight is 449 g/mol. The van der Waals surface area contributed by atoms with Gasteiger partial charge >= 0.3 is 0 Å². The zero-order chi connectivity index (χ0) is 22.8. The van der Waals surface area contributed by atoms with Crippen molar-refractivity contribution in [1.82, 2.24) is 9.97 Å². The summed E-state index contributed by atoms with van der Waals surface area (Å²) in [6, 6.07) is 6.48. The summed E-state index contributed by atoms with van der Waals surface area (Å²) in [6.45, 7) is 3.15. The first-order valence-corrected chi connectivity index (χ1v) is 11.7. The number of aromatic amines is 1. The van der Waals surface area contributed by atoms with Gasteiger partial charge in [-0.05, 0) is 51.7 Å². The molecule has 0 bridgehead atoms. The number of aromatic nitrogens is 2. The van der Waals surface area contributed by atoms with Crippen LogP contribution in [-0.4, -0.2) is 41.6 Å². The third kappa shape index (κ3) is 5.05. The van der Waals surface area contributed by atoms with Crippen molar-refractivity contribution in [3.63, 3.8) is 0 Å². The van der Waals surface area contributed by atoms with E-state index in [4.69, 9.17) is 11.5 Å². The van der Waals surface area contributed by atoms with Gasteiger partial charge < -0.3 is 22.1 Å². The summed E-state index contributed by atoms with van der Waals surface area (Å²) in [6.07, 6.45) is 3.35. The smallest absolute Gasteiger partial charge is 0.267 e. The van der Waals surface area contributed by atoms with E-state index in [0.29, 0.717) is 0 Å². The number of para-hydroxylation sites is 1. The van der Waals surface area contributed by atoms with Crippen molar-refractivity contribution in [1.29, 1.82) is 0 Å². The van der Waals surface area contributed by atoms with Crippen molar-refractivity contribution in [3.8, 4) is 0 Å². The molecule has 3 rings (SSSR count). The number of benzene rings is 1. The van der Waals surface area contributed by atoms with Gasteiger partial charge in [0.05, 0.1) is 15.8 Å². The van der Waals surface area contributed by atoms with E-state index >= 15 is 0 Å². The van der Waals surface area contributed by atoms with Crippen molar-refractivity contribution in [3.05, 3.63) is 40.2 Å². The fraction of sp³-hybridized carbons (Fsp3) is 0.450. The minimum atomic E-state index is -3.63. The predicted octanol–water partition coefficient (Wildman–Crippen LogP) is 1.48. The zero-order valence-corrected chi connectivity index (χ0v) is 18.3. The van der Waals surface area contributed by atoms with E-state index in [1.165, 1.54) is 6.07 Å². The minimum Gasteiger partial charge on any atom is -0.365 e. The molecule has 2 aromatic rings. The molecule has 11 heteroatoms. The van der Waals surface area contributed by atoms with Gasteiger partial charge in [-0.15, -0.1) is 0 Å². The Bertz CT molecular complexity index is 1120. The summed E-state index contributed by atoms with van der Waals surface area (Å²) in [4.78, 5) is 31.4. The van der Waals surface area contributed by atoms with Crippen LogP contribution in [0.5, 0.6) is 0 Å². The molecule has 1 heterocycles. The predicted molar refractivity (Wildman–Crippen MR) is 119 cm³/mol. The summed E-state index contributed by atoms with van der Waals surface area (Å²) in [5.74, 6) is -0.921. The standard InChI is InChI=1S/C20H28N6O4S/c1-11(2)31(29,30)15-6-4-3-5-14(15)24-18-16(17(22)27)19(28)26-20(25-18)23-13-9-7-12(21)8-10-13/h3-6,11-13H,7-10,21H2,1-2H3,(H2,22,27)(H3,23,24,25,26,28). The monoisotopic (exact) mass is 448 g/mol. The highest BCUT2D eigenvalue weighted by molar-refractivity contribution is 7.92. The van der Waals surface area contributed by atoms with E-state index in [1.54, 1.807) is 32.0 Å². The Morgan fingerprint density at radius 1 is 1.19 bits per heavy atom. The summed E-state index contributed by atoms with van der Waals surface area (Å²) < 4.78 is 25.5. The van der Waals surface area contributed by atoms with Crippen LogP contribution in [0.25, 0.3) is 0 Å². The van der Waals surface area contributed by atoms with Crippen molar-refractivity contribution in [2.75, 3.05) is 10.6 Å². The molecular formula is C20H28N6O4S. The van der Waals surface area contributed by atoms with E-state index in [1.807, 2.05) is 0 Å². The first-order chi connectivity index (χ1) is 14.6. The summed E-state index contributed by atoms with van der Waals surface area (Å²) in [7, 11) is -3.63. The molecule has 1 fully saturated rings. The highest BCUT2D eigenvalue weighted by Crippen LogP contribution is 2.28. The summed E-state index contributed by atoms with van der Waals surface area (Å²) in [5, 5.41) is 5.34. The molecule has 31 heavy (non-hydrogen) atoms. The van der Waals surface area contributed by atoms with Gasteiger partial charge in [-0.2, -0.15) is 4.98 Å². The first kappa shape index (κ1) is 22.8. The van der Waals surface area contributed by atoms with E-state index in [-0.39, 0.29) is 40.0 Å². The van der Waals surface area contributed by atoms with Crippen molar-refractivity contribution in [2.24, 2.45) is 11.5 Å². The Kier molecular flexibility index (Phi) is 6.65. The van der Waals surface area contributed by atoms with Gasteiger partial charge in [0, 0.05) is 12.1 Å². The molecule has 1 aromatic carbocycles. The molecule has 1 aromatic heterocycles. The van der Waals surface area contributed by atoms with Gasteiger partial charge in [-0.1, -0.05) is 12.1 Å². The Labute approximate surface area is 180 Å². The lowest BCUT2D eigenvalue weighted by atomic mass is 9.92. The number of nitrogens with one attached hydrogen (secondary N) is 3. The highest BCUT2D eigenvalue weighted by Gasteiger charge is 2.25. The Morgan fingerprint density at radius 3 is 2.45 bits per heavy atom. The highest BCUT2D eigenvalue weighted by atomic mass is 32.2. The van der Waals surface area contributed by atoms with E-state index < -0.39 is 26.6 Å². The van der Waals surface area contributed by atoms with Crippen LogP contribution in [0.15, 0.2) is 34.0 Å². The van der Waals surface area contributed by atoms with Gasteiger partial charge in [-0.25, -0.2) is 8.42 Å². The molecule has 1 aliphatic rings. The Morgan fingerprint density at radius 2 is 1.84 bits per heavy atom. The number of carbonyl (C=O) groups excluding carboxylic acids is 1. The zero-order valence-electron chi connectivity index (χ0n) is 17.5. The molecule has 0 saturated heterocycles.